The third-order valence-electron chi connectivity index (χ3n) is 5.04. The van der Waals surface area contributed by atoms with E-state index in [2.05, 4.69) is 43.9 Å². The van der Waals surface area contributed by atoms with Crippen LogP contribution in [0.15, 0.2) is 49.3 Å². The maximum Gasteiger partial charge on any atom is 0.147 e. The molecule has 5 rings (SSSR count). The van der Waals surface area contributed by atoms with Gasteiger partial charge in [-0.25, -0.2) is 14.5 Å². The number of aromatic nitrogens is 6. The lowest BCUT2D eigenvalue weighted by Crippen LogP contribution is -2.37. The molecule has 1 atom stereocenters. The Balaban J connectivity index is 1.69. The Bertz CT molecular complexity index is 1050. The summed E-state index contributed by atoms with van der Waals surface area (Å²) in [5, 5.41) is 4.87. The van der Waals surface area contributed by atoms with Gasteiger partial charge in [0, 0.05) is 37.3 Å². The molecule has 0 bridgehead atoms. The molecule has 1 aliphatic rings. The smallest absolute Gasteiger partial charge is 0.147 e. The Morgan fingerprint density at radius 3 is 3.08 bits per heavy atom. The van der Waals surface area contributed by atoms with Crippen molar-refractivity contribution >= 4 is 11.3 Å². The number of anilines is 1. The summed E-state index contributed by atoms with van der Waals surface area (Å²) in [6.45, 7) is 3.01. The van der Waals surface area contributed by atoms with E-state index in [9.17, 15) is 0 Å². The van der Waals surface area contributed by atoms with Gasteiger partial charge in [-0.3, -0.25) is 4.98 Å². The molecule has 26 heavy (non-hydrogen) atoms. The molecule has 1 aliphatic heterocycles. The Labute approximate surface area is 150 Å². The van der Waals surface area contributed by atoms with Crippen LogP contribution in [-0.4, -0.2) is 36.1 Å². The molecule has 0 fully saturated rings. The highest BCUT2D eigenvalue weighted by Gasteiger charge is 2.34. The van der Waals surface area contributed by atoms with E-state index < -0.39 is 0 Å². The highest BCUT2D eigenvalue weighted by Crippen LogP contribution is 2.35. The van der Waals surface area contributed by atoms with Crippen molar-refractivity contribution in [1.29, 1.82) is 0 Å². The number of fused-ring (bicyclic) bond motifs is 2. The first kappa shape index (κ1) is 15.1. The predicted molar refractivity (Wildman–Crippen MR) is 98.1 cm³/mol. The van der Waals surface area contributed by atoms with Gasteiger partial charge < -0.3 is 9.88 Å². The Hall–Kier alpha value is -3.22. The number of pyridine rings is 1. The molecule has 0 spiro atoms. The fraction of sp³-hybridized carbons (Fsp3) is 0.263. The molecule has 0 saturated carbocycles. The second kappa shape index (κ2) is 5.94. The normalized spacial score (nSPS) is 16.8. The zero-order valence-electron chi connectivity index (χ0n) is 14.5. The molecule has 1 N–H and O–H groups in total. The first-order valence-electron chi connectivity index (χ1n) is 8.87. The van der Waals surface area contributed by atoms with Gasteiger partial charge in [0.05, 0.1) is 29.4 Å². The van der Waals surface area contributed by atoms with Crippen molar-refractivity contribution in [3.05, 3.63) is 72.0 Å². The Morgan fingerprint density at radius 1 is 1.27 bits per heavy atom. The highest BCUT2D eigenvalue weighted by molar-refractivity contribution is 5.58. The Kier molecular flexibility index (Phi) is 3.44. The average Bonchev–Trinajstić information content (AvgIpc) is 3.34. The lowest BCUT2D eigenvalue weighted by atomic mass is 9.99. The summed E-state index contributed by atoms with van der Waals surface area (Å²) in [6, 6.07) is 6.30. The maximum absolute atomic E-state index is 4.87. The van der Waals surface area contributed by atoms with E-state index in [0.717, 1.165) is 42.1 Å². The summed E-state index contributed by atoms with van der Waals surface area (Å²) in [5.41, 5.74) is 5.60. The van der Waals surface area contributed by atoms with Crippen molar-refractivity contribution < 1.29 is 0 Å². The molecule has 5 heterocycles. The molecule has 7 nitrogen and oxygen atoms in total. The van der Waals surface area contributed by atoms with Gasteiger partial charge in [-0.15, -0.1) is 0 Å². The van der Waals surface area contributed by atoms with Crippen LogP contribution in [0.1, 0.15) is 35.6 Å². The fourth-order valence-corrected chi connectivity index (χ4v) is 3.79. The van der Waals surface area contributed by atoms with Crippen LogP contribution >= 0.6 is 0 Å². The molecule has 0 aliphatic carbocycles. The number of hydrogen-bond acceptors (Lipinski definition) is 5. The summed E-state index contributed by atoms with van der Waals surface area (Å²) in [4.78, 5) is 18.9. The lowest BCUT2D eigenvalue weighted by Gasteiger charge is -2.34. The summed E-state index contributed by atoms with van der Waals surface area (Å²) in [5.74, 6) is 0.846. The highest BCUT2D eigenvalue weighted by atomic mass is 15.3. The van der Waals surface area contributed by atoms with Crippen molar-refractivity contribution in [2.75, 3.05) is 11.4 Å². The van der Waals surface area contributed by atoms with Gasteiger partial charge in [0.2, 0.25) is 0 Å². The van der Waals surface area contributed by atoms with Gasteiger partial charge in [-0.1, -0.05) is 13.0 Å². The first-order valence-corrected chi connectivity index (χ1v) is 8.87. The summed E-state index contributed by atoms with van der Waals surface area (Å²) < 4.78 is 1.96. The molecule has 0 aromatic carbocycles. The van der Waals surface area contributed by atoms with Crippen LogP contribution in [0.2, 0.25) is 0 Å². The van der Waals surface area contributed by atoms with E-state index in [0.29, 0.717) is 0 Å². The van der Waals surface area contributed by atoms with E-state index in [1.54, 1.807) is 24.9 Å². The monoisotopic (exact) mass is 345 g/mol. The summed E-state index contributed by atoms with van der Waals surface area (Å²) in [6.07, 6.45) is 10.9. The van der Waals surface area contributed by atoms with Crippen LogP contribution in [0.3, 0.4) is 0 Å². The van der Waals surface area contributed by atoms with E-state index in [-0.39, 0.29) is 6.04 Å². The standard InChI is InChI=1S/C19H19N7/c1-2-13-4-3-8-26-16(13)10-15(24-26)19-18-14(22-12-23-18)5-9-25(19)17-11-20-6-7-21-17/h3-4,6-8,10-12,19H,2,5,9H2,1H3,(H,22,23)/t19-/m0/s1. The van der Waals surface area contributed by atoms with Crippen LogP contribution in [0.25, 0.3) is 5.52 Å². The van der Waals surface area contributed by atoms with Gasteiger partial charge in [-0.05, 0) is 24.1 Å². The topological polar surface area (TPSA) is 75.0 Å². The van der Waals surface area contributed by atoms with Gasteiger partial charge >= 0.3 is 0 Å². The number of aromatic amines is 1. The maximum atomic E-state index is 4.87. The Morgan fingerprint density at radius 2 is 2.23 bits per heavy atom. The molecule has 4 aromatic rings. The number of hydrogen-bond donors (Lipinski definition) is 1. The van der Waals surface area contributed by atoms with Crippen molar-refractivity contribution in [3.63, 3.8) is 0 Å². The second-order valence-electron chi connectivity index (χ2n) is 6.46. The van der Waals surface area contributed by atoms with Gasteiger partial charge in [0.25, 0.3) is 0 Å². The summed E-state index contributed by atoms with van der Waals surface area (Å²) >= 11 is 0. The molecule has 7 heteroatoms. The number of rotatable bonds is 3. The number of nitrogens with one attached hydrogen (secondary N) is 1. The SMILES string of the molecule is CCc1cccn2nc([C@H]3c4nc[nH]c4CCN3c3cnccn3)cc12. The lowest BCUT2D eigenvalue weighted by molar-refractivity contribution is 0.609. The van der Waals surface area contributed by atoms with Gasteiger partial charge in [0.1, 0.15) is 11.9 Å². The first-order chi connectivity index (χ1) is 12.8. The van der Waals surface area contributed by atoms with Gasteiger partial charge in [0.15, 0.2) is 0 Å². The largest absolute Gasteiger partial charge is 0.348 e. The fourth-order valence-electron chi connectivity index (χ4n) is 3.79. The minimum atomic E-state index is -0.0775. The number of imidazole rings is 1. The van der Waals surface area contributed by atoms with Crippen molar-refractivity contribution in [3.8, 4) is 0 Å². The van der Waals surface area contributed by atoms with E-state index in [4.69, 9.17) is 5.10 Å². The molecule has 4 aromatic heterocycles. The zero-order valence-corrected chi connectivity index (χ0v) is 14.5. The van der Waals surface area contributed by atoms with E-state index >= 15 is 0 Å². The number of H-pyrrole nitrogens is 1. The van der Waals surface area contributed by atoms with Crippen LogP contribution in [0, 0.1) is 0 Å². The quantitative estimate of drug-likeness (QED) is 0.618. The zero-order chi connectivity index (χ0) is 17.5. The number of aryl methyl sites for hydroxylation is 1. The molecular weight excluding hydrogens is 326 g/mol. The number of nitrogens with zero attached hydrogens (tertiary/aromatic N) is 6. The van der Waals surface area contributed by atoms with Crippen LogP contribution in [0.4, 0.5) is 5.82 Å². The minimum Gasteiger partial charge on any atom is -0.348 e. The molecule has 0 amide bonds. The van der Waals surface area contributed by atoms with Crippen LogP contribution < -0.4 is 4.90 Å². The van der Waals surface area contributed by atoms with Gasteiger partial charge in [-0.2, -0.15) is 5.10 Å². The minimum absolute atomic E-state index is 0.0775. The molecule has 130 valence electrons. The molecular formula is C19H19N7. The third kappa shape index (κ3) is 2.28. The molecule has 0 saturated heterocycles. The van der Waals surface area contributed by atoms with Crippen LogP contribution in [-0.2, 0) is 12.8 Å². The van der Waals surface area contributed by atoms with E-state index in [1.165, 1.54) is 11.3 Å². The molecule has 0 radical (unpaired) electrons. The summed E-state index contributed by atoms with van der Waals surface area (Å²) in [7, 11) is 0. The van der Waals surface area contributed by atoms with Crippen molar-refractivity contribution in [1.82, 2.24) is 29.5 Å². The predicted octanol–water partition coefficient (Wildman–Crippen LogP) is 2.56. The second-order valence-corrected chi connectivity index (χ2v) is 6.46. The third-order valence-corrected chi connectivity index (χ3v) is 5.04. The van der Waals surface area contributed by atoms with Crippen molar-refractivity contribution in [2.45, 2.75) is 25.8 Å². The van der Waals surface area contributed by atoms with Crippen molar-refractivity contribution in [2.24, 2.45) is 0 Å². The molecule has 0 unspecified atom stereocenters. The average molecular weight is 345 g/mol. The van der Waals surface area contributed by atoms with E-state index in [1.807, 2.05) is 16.8 Å². The van der Waals surface area contributed by atoms with Crippen LogP contribution in [0.5, 0.6) is 0 Å².